The van der Waals surface area contributed by atoms with Gasteiger partial charge in [0.1, 0.15) is 11.6 Å². The number of fused-ring (bicyclic) bond motifs is 1. The van der Waals surface area contributed by atoms with Crippen LogP contribution in [0, 0.1) is 25.2 Å². The quantitative estimate of drug-likeness (QED) is 0.503. The summed E-state index contributed by atoms with van der Waals surface area (Å²) in [6.45, 7) is 7.38. The van der Waals surface area contributed by atoms with Crippen LogP contribution in [0.4, 0.5) is 5.69 Å². The zero-order valence-electron chi connectivity index (χ0n) is 19.5. The van der Waals surface area contributed by atoms with Gasteiger partial charge in [-0.15, -0.1) is 0 Å². The Bertz CT molecular complexity index is 1270. The molecule has 2 aromatic heterocycles. The van der Waals surface area contributed by atoms with Crippen molar-refractivity contribution in [3.63, 3.8) is 0 Å². The molecule has 0 saturated carbocycles. The van der Waals surface area contributed by atoms with E-state index in [0.717, 1.165) is 11.3 Å². The van der Waals surface area contributed by atoms with E-state index in [-0.39, 0.29) is 42.4 Å². The number of nitrogens with one attached hydrogen (secondary N) is 1. The molecule has 0 fully saturated rings. The molecule has 3 rings (SSSR count). The van der Waals surface area contributed by atoms with Crippen molar-refractivity contribution >= 4 is 29.2 Å². The molecule has 0 aliphatic heterocycles. The maximum atomic E-state index is 12.7. The van der Waals surface area contributed by atoms with Crippen LogP contribution in [-0.2, 0) is 20.7 Å². The van der Waals surface area contributed by atoms with Gasteiger partial charge in [0.15, 0.2) is 5.65 Å². The SMILES string of the molecule is CCOC(=O)c1cc(NC(=O)CCc2c(C)nc3c(C#N)cnn3c2C)cc(C(=O)OCC)c1. The molecule has 1 amide bonds. The van der Waals surface area contributed by atoms with Crippen LogP contribution in [0.15, 0.2) is 24.4 Å². The molecule has 1 N–H and O–H groups in total. The monoisotopic (exact) mass is 463 g/mol. The molecular weight excluding hydrogens is 438 g/mol. The Kier molecular flexibility index (Phi) is 7.58. The zero-order chi connectivity index (χ0) is 24.8. The molecule has 2 heterocycles. The number of nitriles is 1. The van der Waals surface area contributed by atoms with Crippen molar-refractivity contribution < 1.29 is 23.9 Å². The first-order chi connectivity index (χ1) is 16.3. The number of carbonyl (C=O) groups is 3. The molecular formula is C24H25N5O5. The van der Waals surface area contributed by atoms with E-state index in [0.29, 0.717) is 23.3 Å². The third kappa shape index (κ3) is 5.20. The highest BCUT2D eigenvalue weighted by molar-refractivity contribution is 5.99. The lowest BCUT2D eigenvalue weighted by Crippen LogP contribution is -2.16. The smallest absolute Gasteiger partial charge is 0.338 e. The van der Waals surface area contributed by atoms with Gasteiger partial charge in [-0.3, -0.25) is 4.79 Å². The fourth-order valence-electron chi connectivity index (χ4n) is 3.58. The van der Waals surface area contributed by atoms with E-state index < -0.39 is 11.9 Å². The molecule has 0 aliphatic rings. The number of aromatic nitrogens is 3. The minimum absolute atomic E-state index is 0.125. The van der Waals surface area contributed by atoms with Gasteiger partial charge in [-0.05, 0) is 57.9 Å². The van der Waals surface area contributed by atoms with Gasteiger partial charge in [0.25, 0.3) is 0 Å². The number of ether oxygens (including phenoxy) is 2. The Labute approximate surface area is 196 Å². The number of benzene rings is 1. The van der Waals surface area contributed by atoms with Crippen molar-refractivity contribution in [1.29, 1.82) is 5.26 Å². The number of hydrogen-bond acceptors (Lipinski definition) is 8. The van der Waals surface area contributed by atoms with Crippen molar-refractivity contribution in [3.8, 4) is 6.07 Å². The van der Waals surface area contributed by atoms with Crippen LogP contribution in [-0.4, -0.2) is 45.7 Å². The van der Waals surface area contributed by atoms with Crippen molar-refractivity contribution in [2.75, 3.05) is 18.5 Å². The molecule has 34 heavy (non-hydrogen) atoms. The van der Waals surface area contributed by atoms with Crippen molar-refractivity contribution in [1.82, 2.24) is 14.6 Å². The molecule has 0 radical (unpaired) electrons. The van der Waals surface area contributed by atoms with E-state index in [4.69, 9.17) is 9.47 Å². The molecule has 3 aromatic rings. The first kappa shape index (κ1) is 24.4. The number of hydrogen-bond donors (Lipinski definition) is 1. The highest BCUT2D eigenvalue weighted by atomic mass is 16.5. The summed E-state index contributed by atoms with van der Waals surface area (Å²) in [7, 11) is 0. The number of rotatable bonds is 8. The molecule has 0 unspecified atom stereocenters. The van der Waals surface area contributed by atoms with Gasteiger partial charge in [0.2, 0.25) is 5.91 Å². The first-order valence-corrected chi connectivity index (χ1v) is 10.8. The van der Waals surface area contributed by atoms with E-state index in [1.165, 1.54) is 24.4 Å². The summed E-state index contributed by atoms with van der Waals surface area (Å²) in [4.78, 5) is 41.6. The summed E-state index contributed by atoms with van der Waals surface area (Å²) in [5.74, 6) is -1.52. The van der Waals surface area contributed by atoms with Crippen molar-refractivity contribution in [3.05, 3.63) is 58.0 Å². The summed E-state index contributed by atoms with van der Waals surface area (Å²) in [5.41, 5.74) is 3.78. The highest BCUT2D eigenvalue weighted by Gasteiger charge is 2.17. The Morgan fingerprint density at radius 2 is 1.68 bits per heavy atom. The minimum atomic E-state index is -0.606. The second-order valence-electron chi connectivity index (χ2n) is 7.45. The van der Waals surface area contributed by atoms with Gasteiger partial charge in [0.05, 0.1) is 30.5 Å². The molecule has 10 nitrogen and oxygen atoms in total. The third-order valence-electron chi connectivity index (χ3n) is 5.17. The number of carbonyl (C=O) groups excluding carboxylic acids is 3. The molecule has 0 aliphatic carbocycles. The lowest BCUT2D eigenvalue weighted by Gasteiger charge is -2.12. The van der Waals surface area contributed by atoms with E-state index in [9.17, 15) is 19.6 Å². The van der Waals surface area contributed by atoms with Crippen LogP contribution in [0.3, 0.4) is 0 Å². The number of aryl methyl sites for hydroxylation is 2. The predicted molar refractivity (Wildman–Crippen MR) is 122 cm³/mol. The Morgan fingerprint density at radius 1 is 1.06 bits per heavy atom. The van der Waals surface area contributed by atoms with Gasteiger partial charge < -0.3 is 14.8 Å². The lowest BCUT2D eigenvalue weighted by molar-refractivity contribution is -0.116. The van der Waals surface area contributed by atoms with Crippen molar-refractivity contribution in [2.45, 2.75) is 40.5 Å². The van der Waals surface area contributed by atoms with Crippen LogP contribution in [0.2, 0.25) is 0 Å². The summed E-state index contributed by atoms with van der Waals surface area (Å²) >= 11 is 0. The van der Waals surface area contributed by atoms with Crippen molar-refractivity contribution in [2.24, 2.45) is 0 Å². The van der Waals surface area contributed by atoms with Crippen LogP contribution in [0.1, 0.15) is 63.5 Å². The summed E-state index contributed by atoms with van der Waals surface area (Å²) in [6, 6.07) is 6.35. The minimum Gasteiger partial charge on any atom is -0.462 e. The largest absolute Gasteiger partial charge is 0.462 e. The second-order valence-corrected chi connectivity index (χ2v) is 7.45. The first-order valence-electron chi connectivity index (χ1n) is 10.8. The lowest BCUT2D eigenvalue weighted by atomic mass is 10.1. The normalized spacial score (nSPS) is 10.6. The fourth-order valence-corrected chi connectivity index (χ4v) is 3.58. The number of esters is 2. The molecule has 0 atom stereocenters. The molecule has 0 spiro atoms. The topological polar surface area (TPSA) is 136 Å². The van der Waals surface area contributed by atoms with E-state index in [1.807, 2.05) is 13.8 Å². The highest BCUT2D eigenvalue weighted by Crippen LogP contribution is 2.20. The average molecular weight is 463 g/mol. The Hall–Kier alpha value is -4.26. The molecule has 176 valence electrons. The summed E-state index contributed by atoms with van der Waals surface area (Å²) in [5, 5.41) is 16.2. The standard InChI is InChI=1S/C24H25N5O5/c1-5-33-23(31)16-9-17(24(32)34-6-2)11-19(10-16)28-21(30)8-7-20-14(3)27-22-18(12-25)13-26-29(22)15(20)4/h9-11,13H,5-8H2,1-4H3,(H,28,30). The summed E-state index contributed by atoms with van der Waals surface area (Å²) < 4.78 is 11.6. The van der Waals surface area contributed by atoms with E-state index in [2.05, 4.69) is 21.5 Å². The fraction of sp³-hybridized carbons (Fsp3) is 0.333. The number of anilines is 1. The van der Waals surface area contributed by atoms with E-state index in [1.54, 1.807) is 18.4 Å². The molecule has 0 bridgehead atoms. The Balaban J connectivity index is 1.80. The van der Waals surface area contributed by atoms with E-state index >= 15 is 0 Å². The van der Waals surface area contributed by atoms with Crippen LogP contribution in [0.5, 0.6) is 0 Å². The summed E-state index contributed by atoms with van der Waals surface area (Å²) in [6.07, 6.45) is 1.97. The Morgan fingerprint density at radius 3 is 2.24 bits per heavy atom. The van der Waals surface area contributed by atoms with Crippen LogP contribution >= 0.6 is 0 Å². The maximum absolute atomic E-state index is 12.7. The van der Waals surface area contributed by atoms with Crippen LogP contribution < -0.4 is 5.32 Å². The molecule has 10 heteroatoms. The zero-order valence-corrected chi connectivity index (χ0v) is 19.5. The maximum Gasteiger partial charge on any atom is 0.338 e. The molecule has 1 aromatic carbocycles. The predicted octanol–water partition coefficient (Wildman–Crippen LogP) is 3.14. The van der Waals surface area contributed by atoms with Gasteiger partial charge in [0, 0.05) is 23.5 Å². The third-order valence-corrected chi connectivity index (χ3v) is 5.17. The average Bonchev–Trinajstić information content (AvgIpc) is 3.22. The number of amides is 1. The van der Waals surface area contributed by atoms with Crippen LogP contribution in [0.25, 0.3) is 5.65 Å². The van der Waals surface area contributed by atoms with Gasteiger partial charge in [-0.2, -0.15) is 10.4 Å². The van der Waals surface area contributed by atoms with Gasteiger partial charge in [-0.25, -0.2) is 19.1 Å². The van der Waals surface area contributed by atoms with Gasteiger partial charge >= 0.3 is 11.9 Å². The number of nitrogens with zero attached hydrogens (tertiary/aromatic N) is 4. The molecule has 0 saturated heterocycles. The second kappa shape index (κ2) is 10.6. The van der Waals surface area contributed by atoms with Gasteiger partial charge in [-0.1, -0.05) is 0 Å².